The summed E-state index contributed by atoms with van der Waals surface area (Å²) in [4.78, 5) is 0. The molecule has 0 radical (unpaired) electrons. The summed E-state index contributed by atoms with van der Waals surface area (Å²) in [5, 5.41) is 10.6. The molecule has 0 aliphatic carbocycles. The van der Waals surface area contributed by atoms with E-state index in [0.29, 0.717) is 26.9 Å². The Kier molecular flexibility index (Phi) is 4.86. The molecular formula is C15H13Cl2FO2. The molecule has 1 N–H and O–H groups in total. The Bertz CT molecular complexity index is 615. The SMILES string of the molecule is C[C@H](O)c1cc(Cl)ccc1OCc1cc(Cl)ccc1F. The van der Waals surface area contributed by atoms with Crippen LogP contribution in [0.2, 0.25) is 10.0 Å². The Labute approximate surface area is 126 Å². The van der Waals surface area contributed by atoms with Crippen LogP contribution in [0.5, 0.6) is 5.75 Å². The largest absolute Gasteiger partial charge is 0.488 e. The minimum Gasteiger partial charge on any atom is -0.488 e. The lowest BCUT2D eigenvalue weighted by atomic mass is 10.1. The summed E-state index contributed by atoms with van der Waals surface area (Å²) in [6.45, 7) is 1.63. The summed E-state index contributed by atoms with van der Waals surface area (Å²) in [5.41, 5.74) is 0.906. The standard InChI is InChI=1S/C15H13Cl2FO2/c1-9(19)13-7-12(17)3-5-15(13)20-8-10-6-11(16)2-4-14(10)18/h2-7,9,19H,8H2,1H3/t9-/m0/s1. The maximum atomic E-state index is 13.6. The van der Waals surface area contributed by atoms with Crippen LogP contribution in [0, 0.1) is 5.82 Å². The Morgan fingerprint density at radius 1 is 1.15 bits per heavy atom. The van der Waals surface area contributed by atoms with Crippen LogP contribution < -0.4 is 4.74 Å². The van der Waals surface area contributed by atoms with Gasteiger partial charge in [0, 0.05) is 21.2 Å². The first-order chi connectivity index (χ1) is 9.47. The molecule has 2 aromatic rings. The Morgan fingerprint density at radius 2 is 1.80 bits per heavy atom. The van der Waals surface area contributed by atoms with Crippen molar-refractivity contribution in [3.8, 4) is 5.75 Å². The van der Waals surface area contributed by atoms with Gasteiger partial charge >= 0.3 is 0 Å². The zero-order valence-electron chi connectivity index (χ0n) is 10.7. The van der Waals surface area contributed by atoms with E-state index < -0.39 is 6.10 Å². The van der Waals surface area contributed by atoms with Gasteiger partial charge in [-0.1, -0.05) is 23.2 Å². The average molecular weight is 315 g/mol. The molecule has 0 unspecified atom stereocenters. The third-order valence-corrected chi connectivity index (χ3v) is 3.28. The third kappa shape index (κ3) is 3.63. The van der Waals surface area contributed by atoms with Crippen molar-refractivity contribution in [1.29, 1.82) is 0 Å². The van der Waals surface area contributed by atoms with Gasteiger partial charge in [0.2, 0.25) is 0 Å². The van der Waals surface area contributed by atoms with Gasteiger partial charge in [-0.05, 0) is 43.3 Å². The molecule has 0 aromatic heterocycles. The van der Waals surface area contributed by atoms with Gasteiger partial charge in [0.1, 0.15) is 18.2 Å². The van der Waals surface area contributed by atoms with Crippen LogP contribution >= 0.6 is 23.2 Å². The molecule has 0 saturated heterocycles. The van der Waals surface area contributed by atoms with E-state index in [0.717, 1.165) is 0 Å². The van der Waals surface area contributed by atoms with Crippen molar-refractivity contribution in [3.63, 3.8) is 0 Å². The van der Waals surface area contributed by atoms with E-state index >= 15 is 0 Å². The van der Waals surface area contributed by atoms with Crippen LogP contribution in [0.3, 0.4) is 0 Å². The van der Waals surface area contributed by atoms with Crippen molar-refractivity contribution in [2.24, 2.45) is 0 Å². The number of ether oxygens (including phenoxy) is 1. The van der Waals surface area contributed by atoms with Crippen molar-refractivity contribution in [3.05, 3.63) is 63.4 Å². The number of halogens is 3. The molecule has 5 heteroatoms. The van der Waals surface area contributed by atoms with E-state index in [1.807, 2.05) is 0 Å². The normalized spacial score (nSPS) is 12.2. The van der Waals surface area contributed by atoms with Gasteiger partial charge in [0.15, 0.2) is 0 Å². The highest BCUT2D eigenvalue weighted by atomic mass is 35.5. The monoisotopic (exact) mass is 314 g/mol. The van der Waals surface area contributed by atoms with E-state index in [1.165, 1.54) is 18.2 Å². The van der Waals surface area contributed by atoms with Gasteiger partial charge < -0.3 is 9.84 Å². The van der Waals surface area contributed by atoms with Gasteiger partial charge in [-0.15, -0.1) is 0 Å². The first kappa shape index (κ1) is 15.1. The molecule has 1 atom stereocenters. The van der Waals surface area contributed by atoms with Crippen molar-refractivity contribution in [1.82, 2.24) is 0 Å². The summed E-state index contributed by atoms with van der Waals surface area (Å²) < 4.78 is 19.1. The molecule has 0 aliphatic rings. The lowest BCUT2D eigenvalue weighted by Gasteiger charge is -2.14. The molecule has 0 amide bonds. The molecule has 0 fully saturated rings. The van der Waals surface area contributed by atoms with E-state index in [9.17, 15) is 9.50 Å². The molecule has 0 bridgehead atoms. The van der Waals surface area contributed by atoms with Crippen LogP contribution in [-0.4, -0.2) is 5.11 Å². The van der Waals surface area contributed by atoms with E-state index in [2.05, 4.69) is 0 Å². The maximum absolute atomic E-state index is 13.6. The van der Waals surface area contributed by atoms with E-state index in [4.69, 9.17) is 27.9 Å². The third-order valence-electron chi connectivity index (χ3n) is 2.81. The topological polar surface area (TPSA) is 29.5 Å². The number of hydrogen-bond acceptors (Lipinski definition) is 2. The minimum absolute atomic E-state index is 0.0216. The molecule has 2 aromatic carbocycles. The first-order valence-electron chi connectivity index (χ1n) is 6.01. The molecule has 20 heavy (non-hydrogen) atoms. The van der Waals surface area contributed by atoms with Crippen LogP contribution in [0.4, 0.5) is 4.39 Å². The molecule has 106 valence electrons. The van der Waals surface area contributed by atoms with Crippen LogP contribution in [-0.2, 0) is 6.61 Å². The molecular weight excluding hydrogens is 302 g/mol. The Morgan fingerprint density at radius 3 is 2.50 bits per heavy atom. The van der Waals surface area contributed by atoms with Crippen molar-refractivity contribution in [2.75, 3.05) is 0 Å². The van der Waals surface area contributed by atoms with Crippen LogP contribution in [0.1, 0.15) is 24.2 Å². The average Bonchev–Trinajstić information content (AvgIpc) is 2.40. The summed E-state index contributed by atoms with van der Waals surface area (Å²) in [6.07, 6.45) is -0.729. The maximum Gasteiger partial charge on any atom is 0.129 e. The number of aliphatic hydroxyl groups is 1. The molecule has 0 saturated carbocycles. The zero-order chi connectivity index (χ0) is 14.7. The summed E-state index contributed by atoms with van der Waals surface area (Å²) in [7, 11) is 0. The predicted molar refractivity (Wildman–Crippen MR) is 77.8 cm³/mol. The van der Waals surface area contributed by atoms with Crippen LogP contribution in [0.15, 0.2) is 36.4 Å². The first-order valence-corrected chi connectivity index (χ1v) is 6.77. The molecule has 0 spiro atoms. The predicted octanol–water partition coefficient (Wildman–Crippen LogP) is 4.76. The highest BCUT2D eigenvalue weighted by Gasteiger charge is 2.11. The van der Waals surface area contributed by atoms with Crippen LogP contribution in [0.25, 0.3) is 0 Å². The fourth-order valence-electron chi connectivity index (χ4n) is 1.79. The van der Waals surface area contributed by atoms with Crippen molar-refractivity contribution < 1.29 is 14.2 Å². The van der Waals surface area contributed by atoms with Gasteiger partial charge in [0.25, 0.3) is 0 Å². The highest BCUT2D eigenvalue weighted by molar-refractivity contribution is 6.30. The van der Waals surface area contributed by atoms with Gasteiger partial charge in [-0.25, -0.2) is 4.39 Å². The summed E-state index contributed by atoms with van der Waals surface area (Å²) >= 11 is 11.7. The second kappa shape index (κ2) is 6.44. The smallest absolute Gasteiger partial charge is 0.129 e. The molecule has 0 heterocycles. The molecule has 2 nitrogen and oxygen atoms in total. The summed E-state index contributed by atoms with van der Waals surface area (Å²) in [6, 6.07) is 9.19. The second-order valence-electron chi connectivity index (χ2n) is 4.38. The van der Waals surface area contributed by atoms with Gasteiger partial charge in [-0.3, -0.25) is 0 Å². The number of aliphatic hydroxyl groups excluding tert-OH is 1. The quantitative estimate of drug-likeness (QED) is 0.881. The Hall–Kier alpha value is -1.29. The number of benzene rings is 2. The zero-order valence-corrected chi connectivity index (χ0v) is 12.2. The fraction of sp³-hybridized carbons (Fsp3) is 0.200. The Balaban J connectivity index is 2.20. The highest BCUT2D eigenvalue weighted by Crippen LogP contribution is 2.29. The van der Waals surface area contributed by atoms with Crippen molar-refractivity contribution >= 4 is 23.2 Å². The summed E-state index contributed by atoms with van der Waals surface area (Å²) in [5.74, 6) is 0.0748. The van der Waals surface area contributed by atoms with Gasteiger partial charge in [0.05, 0.1) is 6.10 Å². The van der Waals surface area contributed by atoms with E-state index in [1.54, 1.807) is 25.1 Å². The number of rotatable bonds is 4. The number of hydrogen-bond donors (Lipinski definition) is 1. The fourth-order valence-corrected chi connectivity index (χ4v) is 2.16. The molecule has 0 aliphatic heterocycles. The second-order valence-corrected chi connectivity index (χ2v) is 5.26. The molecule has 2 rings (SSSR count). The lowest BCUT2D eigenvalue weighted by molar-refractivity contribution is 0.190. The van der Waals surface area contributed by atoms with Crippen molar-refractivity contribution in [2.45, 2.75) is 19.6 Å². The van der Waals surface area contributed by atoms with Gasteiger partial charge in [-0.2, -0.15) is 0 Å². The minimum atomic E-state index is -0.729. The van der Waals surface area contributed by atoms with E-state index in [-0.39, 0.29) is 12.4 Å². The lowest BCUT2D eigenvalue weighted by Crippen LogP contribution is -2.02.